The summed E-state index contributed by atoms with van der Waals surface area (Å²) in [6.07, 6.45) is 2.81. The fraction of sp³-hybridized carbons (Fsp3) is 1.00. The van der Waals surface area contributed by atoms with Crippen LogP contribution in [0.3, 0.4) is 0 Å². The third-order valence-electron chi connectivity index (χ3n) is 4.33. The zero-order valence-corrected chi connectivity index (χ0v) is 13.5. The van der Waals surface area contributed by atoms with Crippen LogP contribution in [-0.2, 0) is 19.7 Å². The number of rotatable bonds is 5. The van der Waals surface area contributed by atoms with Crippen LogP contribution in [0.4, 0.5) is 0 Å². The normalized spacial score (nSPS) is 32.3. The van der Waals surface area contributed by atoms with Crippen LogP contribution < -0.4 is 0 Å². The summed E-state index contributed by atoms with van der Waals surface area (Å²) in [4.78, 5) is 0. The molecule has 0 aliphatic carbocycles. The minimum absolute atomic E-state index is 0.122. The minimum atomic E-state index is -3.36. The van der Waals surface area contributed by atoms with E-state index in [0.29, 0.717) is 26.3 Å². The quantitative estimate of drug-likeness (QED) is 0.750. The predicted octanol–water partition coefficient (Wildman–Crippen LogP) is 0.700. The van der Waals surface area contributed by atoms with Gasteiger partial charge < -0.3 is 9.47 Å². The molecule has 2 fully saturated rings. The Kier molecular flexibility index (Phi) is 5.07. The average Bonchev–Trinajstić information content (AvgIpc) is 2.44. The fourth-order valence-corrected chi connectivity index (χ4v) is 4.41. The Morgan fingerprint density at radius 3 is 2.85 bits per heavy atom. The molecule has 0 aromatic rings. The van der Waals surface area contributed by atoms with Gasteiger partial charge >= 0.3 is 0 Å². The van der Waals surface area contributed by atoms with Gasteiger partial charge in [-0.3, -0.25) is 0 Å². The van der Waals surface area contributed by atoms with E-state index in [4.69, 9.17) is 9.47 Å². The lowest BCUT2D eigenvalue weighted by Gasteiger charge is -2.50. The second-order valence-electron chi connectivity index (χ2n) is 5.87. The maximum atomic E-state index is 12.3. The first-order valence-corrected chi connectivity index (χ1v) is 8.69. The molecule has 0 aromatic carbocycles. The Morgan fingerprint density at radius 2 is 2.20 bits per heavy atom. The van der Waals surface area contributed by atoms with Crippen LogP contribution in [0.25, 0.3) is 0 Å². The Morgan fingerprint density at radius 1 is 1.45 bits per heavy atom. The first kappa shape index (κ1) is 16.2. The molecule has 6 nitrogen and oxygen atoms in total. The largest absolute Gasteiger partial charge is 0.381 e. The Labute approximate surface area is 122 Å². The summed E-state index contributed by atoms with van der Waals surface area (Å²) in [6, 6.07) is 0. The van der Waals surface area contributed by atoms with Gasteiger partial charge in [-0.05, 0) is 26.2 Å². The van der Waals surface area contributed by atoms with Gasteiger partial charge in [-0.25, -0.2) is 0 Å². The van der Waals surface area contributed by atoms with Crippen molar-refractivity contribution in [2.24, 2.45) is 5.41 Å². The van der Waals surface area contributed by atoms with Crippen molar-refractivity contribution in [3.05, 3.63) is 0 Å². The smallest absolute Gasteiger partial charge is 0.281 e. The van der Waals surface area contributed by atoms with Crippen molar-refractivity contribution in [3.63, 3.8) is 0 Å². The van der Waals surface area contributed by atoms with Gasteiger partial charge in [0.25, 0.3) is 10.2 Å². The van der Waals surface area contributed by atoms with E-state index < -0.39 is 10.2 Å². The van der Waals surface area contributed by atoms with E-state index in [9.17, 15) is 8.42 Å². The summed E-state index contributed by atoms with van der Waals surface area (Å²) in [7, 11) is -0.203. The van der Waals surface area contributed by atoms with E-state index in [-0.39, 0.29) is 11.5 Å². The number of nitrogens with zero attached hydrogens (tertiary/aromatic N) is 2. The Bertz CT molecular complexity index is 426. The summed E-state index contributed by atoms with van der Waals surface area (Å²) in [6.45, 7) is 4.99. The molecule has 0 N–H and O–H groups in total. The third kappa shape index (κ3) is 3.01. The standard InChI is InChI=1S/C13H26N2O4S/c1-4-18-11-13-7-5-9-19-12(13)6-8-15(10-13)20(16,17)14(2)3/h12H,4-11H2,1-3H3/t12-,13-/m0/s1. The highest BCUT2D eigenvalue weighted by Gasteiger charge is 2.48. The first-order valence-electron chi connectivity index (χ1n) is 7.29. The van der Waals surface area contributed by atoms with Crippen LogP contribution in [0.2, 0.25) is 0 Å². The lowest BCUT2D eigenvalue weighted by molar-refractivity contribution is -0.141. The van der Waals surface area contributed by atoms with E-state index in [1.807, 2.05) is 6.92 Å². The minimum Gasteiger partial charge on any atom is -0.381 e. The van der Waals surface area contributed by atoms with Gasteiger partial charge in [-0.2, -0.15) is 17.0 Å². The number of hydrogen-bond acceptors (Lipinski definition) is 4. The maximum Gasteiger partial charge on any atom is 0.281 e. The molecule has 2 saturated heterocycles. The highest BCUT2D eigenvalue weighted by molar-refractivity contribution is 7.86. The molecule has 2 aliphatic heterocycles. The molecule has 0 aromatic heterocycles. The molecule has 20 heavy (non-hydrogen) atoms. The number of hydrogen-bond donors (Lipinski definition) is 0. The second-order valence-corrected chi connectivity index (χ2v) is 8.02. The van der Waals surface area contributed by atoms with E-state index >= 15 is 0 Å². The topological polar surface area (TPSA) is 59.1 Å². The van der Waals surface area contributed by atoms with Crippen molar-refractivity contribution < 1.29 is 17.9 Å². The van der Waals surface area contributed by atoms with Crippen LogP contribution in [0.5, 0.6) is 0 Å². The summed E-state index contributed by atoms with van der Waals surface area (Å²) < 4.78 is 39.1. The molecule has 2 atom stereocenters. The highest BCUT2D eigenvalue weighted by atomic mass is 32.2. The highest BCUT2D eigenvalue weighted by Crippen LogP contribution is 2.41. The monoisotopic (exact) mass is 306 g/mol. The number of piperidine rings is 1. The number of fused-ring (bicyclic) bond motifs is 1. The average molecular weight is 306 g/mol. The summed E-state index contributed by atoms with van der Waals surface area (Å²) in [5.74, 6) is 0. The fourth-order valence-electron chi connectivity index (χ4n) is 3.19. The van der Waals surface area contributed by atoms with Gasteiger partial charge in [0, 0.05) is 45.8 Å². The molecule has 2 aliphatic rings. The van der Waals surface area contributed by atoms with Gasteiger partial charge in [-0.15, -0.1) is 0 Å². The third-order valence-corrected chi connectivity index (χ3v) is 6.22. The molecule has 2 heterocycles. The zero-order valence-electron chi connectivity index (χ0n) is 12.7. The Balaban J connectivity index is 2.19. The van der Waals surface area contributed by atoms with Gasteiger partial charge in [0.1, 0.15) is 0 Å². The van der Waals surface area contributed by atoms with Gasteiger partial charge in [0.05, 0.1) is 12.7 Å². The van der Waals surface area contributed by atoms with Crippen LogP contribution in [0.1, 0.15) is 26.2 Å². The van der Waals surface area contributed by atoms with Crippen LogP contribution in [-0.4, -0.2) is 70.1 Å². The molecular weight excluding hydrogens is 280 g/mol. The van der Waals surface area contributed by atoms with Crippen LogP contribution >= 0.6 is 0 Å². The summed E-state index contributed by atoms with van der Waals surface area (Å²) >= 11 is 0. The van der Waals surface area contributed by atoms with Crippen LogP contribution in [0, 0.1) is 5.41 Å². The Hall–Kier alpha value is -0.210. The molecule has 2 rings (SSSR count). The summed E-state index contributed by atoms with van der Waals surface area (Å²) in [5, 5.41) is 0. The van der Waals surface area contributed by atoms with Gasteiger partial charge in [-0.1, -0.05) is 0 Å². The second kappa shape index (κ2) is 6.27. The lowest BCUT2D eigenvalue weighted by atomic mass is 9.73. The maximum absolute atomic E-state index is 12.3. The summed E-state index contributed by atoms with van der Waals surface area (Å²) in [5.41, 5.74) is -0.185. The molecule has 0 bridgehead atoms. The van der Waals surface area contributed by atoms with Crippen LogP contribution in [0.15, 0.2) is 0 Å². The number of ether oxygens (including phenoxy) is 2. The van der Waals surface area contributed by atoms with E-state index in [0.717, 1.165) is 25.9 Å². The van der Waals surface area contributed by atoms with Crippen molar-refractivity contribution in [3.8, 4) is 0 Å². The molecular formula is C13H26N2O4S. The lowest BCUT2D eigenvalue weighted by Crippen LogP contribution is -2.59. The molecule has 118 valence electrons. The van der Waals surface area contributed by atoms with Gasteiger partial charge in [0.2, 0.25) is 0 Å². The van der Waals surface area contributed by atoms with Crippen molar-refractivity contribution in [2.75, 3.05) is 47.0 Å². The van der Waals surface area contributed by atoms with Crippen molar-refractivity contribution in [1.29, 1.82) is 0 Å². The molecule has 0 spiro atoms. The van der Waals surface area contributed by atoms with Gasteiger partial charge in [0.15, 0.2) is 0 Å². The predicted molar refractivity (Wildman–Crippen MR) is 76.7 cm³/mol. The first-order chi connectivity index (χ1) is 9.42. The van der Waals surface area contributed by atoms with Crippen molar-refractivity contribution in [1.82, 2.24) is 8.61 Å². The van der Waals surface area contributed by atoms with E-state index in [2.05, 4.69) is 0 Å². The van der Waals surface area contributed by atoms with Crippen molar-refractivity contribution >= 4 is 10.2 Å². The zero-order chi connectivity index (χ0) is 14.8. The molecule has 0 saturated carbocycles. The molecule has 7 heteroatoms. The SMILES string of the molecule is CCOC[C@@]12CCCO[C@H]1CCN(S(=O)(=O)N(C)C)C2. The van der Waals surface area contributed by atoms with Crippen molar-refractivity contribution in [2.45, 2.75) is 32.3 Å². The molecule has 0 unspecified atom stereocenters. The van der Waals surface area contributed by atoms with E-state index in [1.54, 1.807) is 18.4 Å². The van der Waals surface area contributed by atoms with E-state index in [1.165, 1.54) is 4.31 Å². The molecule has 0 amide bonds. The molecule has 0 radical (unpaired) electrons.